The van der Waals surface area contributed by atoms with Crippen molar-refractivity contribution in [2.24, 2.45) is 5.92 Å². The summed E-state index contributed by atoms with van der Waals surface area (Å²) in [5.74, 6) is -0.894. The fourth-order valence-electron chi connectivity index (χ4n) is 5.51. The van der Waals surface area contributed by atoms with Crippen molar-refractivity contribution in [3.63, 3.8) is 0 Å². The molecule has 7 heteroatoms. The number of hydrogen-bond donors (Lipinski definition) is 0. The van der Waals surface area contributed by atoms with Crippen molar-refractivity contribution >= 4 is 22.8 Å². The molecule has 0 bridgehead atoms. The summed E-state index contributed by atoms with van der Waals surface area (Å²) in [6, 6.07) is 25.0. The number of unbranched alkanes of at least 4 members (excludes halogenated alkanes) is 1. The van der Waals surface area contributed by atoms with E-state index in [4.69, 9.17) is 9.15 Å². The van der Waals surface area contributed by atoms with Crippen LogP contribution in [-0.2, 0) is 22.8 Å². The topological polar surface area (TPSA) is 67.9 Å². The summed E-state index contributed by atoms with van der Waals surface area (Å²) in [6.07, 6.45) is 3.56. The summed E-state index contributed by atoms with van der Waals surface area (Å²) < 4.78 is 12.7. The third-order valence-corrected chi connectivity index (χ3v) is 7.90. The fraction of sp³-hybridized carbons (Fsp3) is 0.394. The van der Waals surface area contributed by atoms with Crippen LogP contribution in [0.25, 0.3) is 22.2 Å². The van der Waals surface area contributed by atoms with Crippen LogP contribution in [-0.4, -0.2) is 41.6 Å². The number of fused-ring (bicyclic) bond motifs is 1. The van der Waals surface area contributed by atoms with Gasteiger partial charge in [-0.15, -0.1) is 0 Å². The monoisotopic (exact) mass is 541 g/mol. The highest BCUT2D eigenvalue weighted by molar-refractivity contribution is 5.87. The minimum absolute atomic E-state index is 0.132. The quantitative estimate of drug-likeness (QED) is 0.208. The van der Waals surface area contributed by atoms with E-state index in [1.54, 1.807) is 0 Å². The number of esters is 1. The van der Waals surface area contributed by atoms with Gasteiger partial charge in [0.1, 0.15) is 0 Å². The lowest BCUT2D eigenvalue weighted by molar-refractivity contribution is -0.152. The van der Waals surface area contributed by atoms with Gasteiger partial charge in [-0.3, -0.25) is 9.69 Å². The van der Waals surface area contributed by atoms with Crippen molar-refractivity contribution < 1.29 is 13.9 Å². The highest BCUT2D eigenvalue weighted by atomic mass is 16.5. The molecule has 0 saturated carbocycles. The number of carbonyl (C=O) groups is 1. The van der Waals surface area contributed by atoms with E-state index in [0.717, 1.165) is 64.1 Å². The van der Waals surface area contributed by atoms with Crippen LogP contribution in [0.5, 0.6) is 0 Å². The van der Waals surface area contributed by atoms with Gasteiger partial charge in [-0.2, -0.15) is 0 Å². The third kappa shape index (κ3) is 6.31. The van der Waals surface area contributed by atoms with Gasteiger partial charge in [0, 0.05) is 32.7 Å². The van der Waals surface area contributed by atoms with Crippen LogP contribution >= 0.6 is 0 Å². The number of nitrogens with zero attached hydrogens (tertiary/aromatic N) is 3. The highest BCUT2D eigenvalue weighted by Gasteiger charge is 2.23. The number of piperazine rings is 1. The molecule has 0 amide bonds. The van der Waals surface area contributed by atoms with E-state index in [-0.39, 0.29) is 18.6 Å². The van der Waals surface area contributed by atoms with E-state index in [9.17, 15) is 9.59 Å². The van der Waals surface area contributed by atoms with E-state index in [2.05, 4.69) is 65.3 Å². The van der Waals surface area contributed by atoms with Crippen molar-refractivity contribution in [3.05, 3.63) is 88.9 Å². The number of rotatable bonds is 11. The maximum Gasteiger partial charge on any atom is 0.422 e. The van der Waals surface area contributed by atoms with Gasteiger partial charge < -0.3 is 14.1 Å². The van der Waals surface area contributed by atoms with Crippen molar-refractivity contribution in [2.45, 2.75) is 52.8 Å². The summed E-state index contributed by atoms with van der Waals surface area (Å²) in [5.41, 5.74) is 5.86. The number of carbonyl (C=O) groups excluding carboxylic acids is 1. The predicted molar refractivity (Wildman–Crippen MR) is 159 cm³/mol. The first-order chi connectivity index (χ1) is 19.6. The minimum atomic E-state index is -0.506. The van der Waals surface area contributed by atoms with Gasteiger partial charge in [0.15, 0.2) is 12.3 Å². The molecule has 1 saturated heterocycles. The van der Waals surface area contributed by atoms with Crippen molar-refractivity contribution in [3.8, 4) is 11.1 Å². The Bertz CT molecular complexity index is 1470. The second-order valence-electron chi connectivity index (χ2n) is 10.6. The summed E-state index contributed by atoms with van der Waals surface area (Å²) in [7, 11) is 0. The van der Waals surface area contributed by atoms with Gasteiger partial charge in [0.2, 0.25) is 0 Å². The Morgan fingerprint density at radius 3 is 2.42 bits per heavy atom. The first-order valence-corrected chi connectivity index (χ1v) is 14.5. The predicted octanol–water partition coefficient (Wildman–Crippen LogP) is 6.30. The molecule has 0 spiro atoms. The zero-order valence-corrected chi connectivity index (χ0v) is 23.6. The first kappa shape index (κ1) is 27.7. The molecule has 3 aromatic carbocycles. The van der Waals surface area contributed by atoms with Crippen LogP contribution in [0.2, 0.25) is 0 Å². The number of ether oxygens (including phenoxy) is 1. The second kappa shape index (κ2) is 13.0. The van der Waals surface area contributed by atoms with Crippen LogP contribution in [0, 0.1) is 5.92 Å². The lowest BCUT2D eigenvalue weighted by Gasteiger charge is -2.36. The lowest BCUT2D eigenvalue weighted by atomic mass is 10.00. The molecule has 0 radical (unpaired) electrons. The molecule has 1 aliphatic rings. The molecule has 0 N–H and O–H groups in total. The molecule has 1 aliphatic heterocycles. The number of para-hydroxylation sites is 1. The van der Waals surface area contributed by atoms with E-state index < -0.39 is 5.76 Å². The van der Waals surface area contributed by atoms with Crippen LogP contribution < -0.4 is 10.7 Å². The number of oxazole rings is 1. The molecule has 5 rings (SSSR count). The van der Waals surface area contributed by atoms with Gasteiger partial charge in [-0.25, -0.2) is 9.36 Å². The average Bonchev–Trinajstić information content (AvgIpc) is 3.32. The van der Waals surface area contributed by atoms with Crippen LogP contribution in [0.3, 0.4) is 0 Å². The SMILES string of the molecule is CCCCC(CC)C(=O)OCn1c(=O)oc2c(N3CCN(Cc4cccc(-c5ccccc5)c4)CC3)cccc21. The van der Waals surface area contributed by atoms with Gasteiger partial charge in [-0.1, -0.05) is 81.3 Å². The number of benzene rings is 3. The molecule has 4 aromatic rings. The Kier molecular flexibility index (Phi) is 9.01. The molecule has 1 aromatic heterocycles. The Morgan fingerprint density at radius 1 is 0.925 bits per heavy atom. The number of aromatic nitrogens is 1. The average molecular weight is 542 g/mol. The molecule has 1 fully saturated rings. The van der Waals surface area contributed by atoms with Crippen LogP contribution in [0.1, 0.15) is 45.1 Å². The maximum absolute atomic E-state index is 12.8. The number of hydrogen-bond acceptors (Lipinski definition) is 6. The van der Waals surface area contributed by atoms with Crippen molar-refractivity contribution in [2.75, 3.05) is 31.1 Å². The summed E-state index contributed by atoms with van der Waals surface area (Å²) >= 11 is 0. The zero-order valence-electron chi connectivity index (χ0n) is 23.6. The second-order valence-corrected chi connectivity index (χ2v) is 10.6. The Labute approximate surface area is 236 Å². The van der Waals surface area contributed by atoms with E-state index in [0.29, 0.717) is 11.1 Å². The maximum atomic E-state index is 12.8. The molecule has 1 atom stereocenters. The smallest absolute Gasteiger partial charge is 0.422 e. The molecule has 7 nitrogen and oxygen atoms in total. The Morgan fingerprint density at radius 2 is 1.68 bits per heavy atom. The molecular weight excluding hydrogens is 502 g/mol. The standard InChI is InChI=1S/C33H39N3O4/c1-3-5-12-26(4-2)32(37)39-24-36-30-17-10-16-29(31(30)40-33(36)38)35-20-18-34(19-21-35)23-25-11-9-15-28(22-25)27-13-7-6-8-14-27/h6-11,13-17,22,26H,3-5,12,18-21,23-24H2,1-2H3. The van der Waals surface area contributed by atoms with Gasteiger partial charge in [-0.05, 0) is 47.7 Å². The Balaban J connectivity index is 1.23. The van der Waals surface area contributed by atoms with E-state index in [1.807, 2.05) is 31.2 Å². The Hall–Kier alpha value is -3.84. The third-order valence-electron chi connectivity index (χ3n) is 7.90. The summed E-state index contributed by atoms with van der Waals surface area (Å²) in [5, 5.41) is 0. The fourth-order valence-corrected chi connectivity index (χ4v) is 5.51. The molecule has 0 aliphatic carbocycles. The molecule has 210 valence electrons. The van der Waals surface area contributed by atoms with Crippen molar-refractivity contribution in [1.82, 2.24) is 9.47 Å². The van der Waals surface area contributed by atoms with Gasteiger partial charge in [0.05, 0.1) is 17.1 Å². The largest absolute Gasteiger partial charge is 0.443 e. The van der Waals surface area contributed by atoms with Crippen LogP contribution in [0.4, 0.5) is 5.69 Å². The van der Waals surface area contributed by atoms with Crippen molar-refractivity contribution in [1.29, 1.82) is 0 Å². The first-order valence-electron chi connectivity index (χ1n) is 14.5. The highest BCUT2D eigenvalue weighted by Crippen LogP contribution is 2.28. The number of anilines is 1. The minimum Gasteiger partial charge on any atom is -0.443 e. The molecular formula is C33H39N3O4. The summed E-state index contributed by atoms with van der Waals surface area (Å²) in [4.78, 5) is 30.1. The lowest BCUT2D eigenvalue weighted by Crippen LogP contribution is -2.46. The summed E-state index contributed by atoms with van der Waals surface area (Å²) in [6.45, 7) is 8.34. The molecule has 1 unspecified atom stereocenters. The van der Waals surface area contributed by atoms with E-state index >= 15 is 0 Å². The molecule has 40 heavy (non-hydrogen) atoms. The normalized spacial score (nSPS) is 14.9. The van der Waals surface area contributed by atoms with Crippen LogP contribution in [0.15, 0.2) is 82.0 Å². The molecule has 2 heterocycles. The zero-order chi connectivity index (χ0) is 27.9. The van der Waals surface area contributed by atoms with Gasteiger partial charge >= 0.3 is 11.7 Å². The van der Waals surface area contributed by atoms with Gasteiger partial charge in [0.25, 0.3) is 0 Å². The van der Waals surface area contributed by atoms with E-state index in [1.165, 1.54) is 21.3 Å².